The van der Waals surface area contributed by atoms with Gasteiger partial charge >= 0.3 is 0 Å². The van der Waals surface area contributed by atoms with Gasteiger partial charge in [-0.15, -0.1) is 0 Å². The van der Waals surface area contributed by atoms with E-state index in [0.29, 0.717) is 25.3 Å². The minimum absolute atomic E-state index is 0.406. The molecule has 0 aliphatic carbocycles. The summed E-state index contributed by atoms with van der Waals surface area (Å²) in [5.41, 5.74) is 0. The molecule has 1 aliphatic heterocycles. The molecule has 1 saturated heterocycles. The summed E-state index contributed by atoms with van der Waals surface area (Å²) in [6, 6.07) is 1.05. The van der Waals surface area contributed by atoms with Gasteiger partial charge in [-0.1, -0.05) is 6.92 Å². The van der Waals surface area contributed by atoms with Crippen molar-refractivity contribution in [3.63, 3.8) is 0 Å². The van der Waals surface area contributed by atoms with Gasteiger partial charge in [0.15, 0.2) is 0 Å². The number of nitrogens with zero attached hydrogens (tertiary/aromatic N) is 1. The number of rotatable bonds is 7. The van der Waals surface area contributed by atoms with Crippen LogP contribution >= 0.6 is 0 Å². The molecule has 0 amide bonds. The van der Waals surface area contributed by atoms with Gasteiger partial charge in [0.25, 0.3) is 6.47 Å². The summed E-state index contributed by atoms with van der Waals surface area (Å²) >= 11 is 0. The Morgan fingerprint density at radius 2 is 2.31 bits per heavy atom. The van der Waals surface area contributed by atoms with E-state index in [9.17, 15) is 4.79 Å². The monoisotopic (exact) mass is 228 g/mol. The van der Waals surface area contributed by atoms with Crippen LogP contribution < -0.4 is 5.32 Å². The van der Waals surface area contributed by atoms with Gasteiger partial charge in [-0.3, -0.25) is 9.69 Å². The fraction of sp³-hybridized carbons (Fsp3) is 0.917. The molecule has 0 radical (unpaired) electrons. The van der Waals surface area contributed by atoms with Crippen molar-refractivity contribution >= 4 is 6.47 Å². The van der Waals surface area contributed by atoms with Crippen molar-refractivity contribution < 1.29 is 9.53 Å². The topological polar surface area (TPSA) is 41.6 Å². The lowest BCUT2D eigenvalue weighted by molar-refractivity contribution is -0.134. The average molecular weight is 228 g/mol. The Hall–Kier alpha value is -0.610. The second-order valence-electron chi connectivity index (χ2n) is 5.03. The maximum atomic E-state index is 10.2. The molecule has 1 aliphatic rings. The molecule has 0 aromatic rings. The molecule has 0 aromatic heterocycles. The van der Waals surface area contributed by atoms with Crippen LogP contribution in [-0.2, 0) is 9.53 Å². The largest absolute Gasteiger partial charge is 0.452 e. The Morgan fingerprint density at radius 3 is 2.81 bits per heavy atom. The van der Waals surface area contributed by atoms with Crippen LogP contribution in [0.4, 0.5) is 0 Å². The van der Waals surface area contributed by atoms with E-state index >= 15 is 0 Å². The quantitative estimate of drug-likeness (QED) is 0.525. The summed E-state index contributed by atoms with van der Waals surface area (Å²) in [4.78, 5) is 12.4. The van der Waals surface area contributed by atoms with Crippen molar-refractivity contribution in [3.05, 3.63) is 0 Å². The number of ether oxygens (including phenoxy) is 1. The Balaban J connectivity index is 2.23. The fourth-order valence-corrected chi connectivity index (χ4v) is 2.16. The van der Waals surface area contributed by atoms with E-state index in [0.717, 1.165) is 25.4 Å². The van der Waals surface area contributed by atoms with E-state index in [1.54, 1.807) is 0 Å². The van der Waals surface area contributed by atoms with Crippen LogP contribution in [0.1, 0.15) is 33.6 Å². The van der Waals surface area contributed by atoms with Crippen LogP contribution in [0.2, 0.25) is 0 Å². The van der Waals surface area contributed by atoms with Gasteiger partial charge in [0.05, 0.1) is 0 Å². The maximum absolute atomic E-state index is 10.2. The molecule has 0 saturated carbocycles. The van der Waals surface area contributed by atoms with Gasteiger partial charge < -0.3 is 10.1 Å². The van der Waals surface area contributed by atoms with Gasteiger partial charge in [-0.2, -0.15) is 0 Å². The van der Waals surface area contributed by atoms with Crippen molar-refractivity contribution in [2.45, 2.75) is 45.7 Å². The summed E-state index contributed by atoms with van der Waals surface area (Å²) in [5.74, 6) is 0.795. The van der Waals surface area contributed by atoms with Crippen molar-refractivity contribution in [1.82, 2.24) is 10.2 Å². The summed E-state index contributed by atoms with van der Waals surface area (Å²) < 4.78 is 4.82. The molecule has 1 fully saturated rings. The average Bonchev–Trinajstić information content (AvgIpc) is 2.64. The van der Waals surface area contributed by atoms with Crippen LogP contribution in [-0.4, -0.2) is 43.3 Å². The van der Waals surface area contributed by atoms with E-state index in [1.807, 2.05) is 0 Å². The third-order valence-corrected chi connectivity index (χ3v) is 3.25. The van der Waals surface area contributed by atoms with E-state index in [2.05, 4.69) is 31.0 Å². The maximum Gasteiger partial charge on any atom is 0.294 e. The number of hydrogen-bond donors (Lipinski definition) is 1. The SMILES string of the molecule is CC1CNC(CCN(COC=O)C(C)C)C1. The van der Waals surface area contributed by atoms with Crippen LogP contribution in [0.3, 0.4) is 0 Å². The Labute approximate surface area is 98.3 Å². The van der Waals surface area contributed by atoms with Crippen LogP contribution in [0.15, 0.2) is 0 Å². The molecule has 2 unspecified atom stereocenters. The number of carbonyl (C=O) groups excluding carboxylic acids is 1. The lowest BCUT2D eigenvalue weighted by Gasteiger charge is -2.26. The molecule has 2 atom stereocenters. The van der Waals surface area contributed by atoms with E-state index in [4.69, 9.17) is 4.74 Å². The zero-order chi connectivity index (χ0) is 12.0. The standard InChI is InChI=1S/C12H24N2O2/c1-10(2)14(8-16-9-15)5-4-12-6-11(3)7-13-12/h9-13H,4-8H2,1-3H3. The first-order chi connectivity index (χ1) is 7.63. The van der Waals surface area contributed by atoms with Crippen molar-refractivity contribution in [1.29, 1.82) is 0 Å². The molecule has 0 spiro atoms. The van der Waals surface area contributed by atoms with E-state index < -0.39 is 0 Å². The number of hydrogen-bond acceptors (Lipinski definition) is 4. The van der Waals surface area contributed by atoms with E-state index in [-0.39, 0.29) is 0 Å². The molecule has 4 nitrogen and oxygen atoms in total. The van der Waals surface area contributed by atoms with Crippen LogP contribution in [0.25, 0.3) is 0 Å². The summed E-state index contributed by atoms with van der Waals surface area (Å²) in [5, 5.41) is 3.52. The fourth-order valence-electron chi connectivity index (χ4n) is 2.16. The first-order valence-corrected chi connectivity index (χ1v) is 6.16. The Kier molecular flexibility index (Phi) is 5.77. The highest BCUT2D eigenvalue weighted by Gasteiger charge is 2.21. The predicted molar refractivity (Wildman–Crippen MR) is 64.0 cm³/mol. The summed E-state index contributed by atoms with van der Waals surface area (Å²) in [7, 11) is 0. The third kappa shape index (κ3) is 4.49. The molecule has 16 heavy (non-hydrogen) atoms. The van der Waals surface area contributed by atoms with E-state index in [1.165, 1.54) is 6.42 Å². The molecule has 1 N–H and O–H groups in total. The van der Waals surface area contributed by atoms with Gasteiger partial charge in [-0.25, -0.2) is 0 Å². The zero-order valence-electron chi connectivity index (χ0n) is 10.6. The highest BCUT2D eigenvalue weighted by Crippen LogP contribution is 2.16. The van der Waals surface area contributed by atoms with Gasteiger partial charge in [0.2, 0.25) is 0 Å². The third-order valence-electron chi connectivity index (χ3n) is 3.25. The zero-order valence-corrected chi connectivity index (χ0v) is 10.6. The first kappa shape index (κ1) is 13.5. The molecule has 0 aromatic carbocycles. The number of carbonyl (C=O) groups is 1. The summed E-state index contributed by atoms with van der Waals surface area (Å²) in [6.45, 7) is 9.57. The summed E-state index contributed by atoms with van der Waals surface area (Å²) in [6.07, 6.45) is 2.39. The smallest absolute Gasteiger partial charge is 0.294 e. The van der Waals surface area contributed by atoms with Gasteiger partial charge in [0.1, 0.15) is 6.73 Å². The highest BCUT2D eigenvalue weighted by molar-refractivity contribution is 5.36. The van der Waals surface area contributed by atoms with Crippen LogP contribution in [0.5, 0.6) is 0 Å². The van der Waals surface area contributed by atoms with Gasteiger partial charge in [-0.05, 0) is 39.2 Å². The number of nitrogens with one attached hydrogen (secondary N) is 1. The predicted octanol–water partition coefficient (Wildman–Crippen LogP) is 1.22. The lowest BCUT2D eigenvalue weighted by Crippen LogP contribution is -2.36. The normalized spacial score (nSPS) is 25.3. The molecule has 0 bridgehead atoms. The molecular weight excluding hydrogens is 204 g/mol. The molecule has 4 heteroatoms. The minimum atomic E-state index is 0.406. The second-order valence-corrected chi connectivity index (χ2v) is 5.03. The molecular formula is C12H24N2O2. The van der Waals surface area contributed by atoms with Crippen molar-refractivity contribution in [2.24, 2.45) is 5.92 Å². The van der Waals surface area contributed by atoms with Gasteiger partial charge in [0, 0.05) is 18.6 Å². The second kappa shape index (κ2) is 6.86. The minimum Gasteiger partial charge on any atom is -0.452 e. The Morgan fingerprint density at radius 1 is 1.56 bits per heavy atom. The first-order valence-electron chi connectivity index (χ1n) is 6.16. The van der Waals surface area contributed by atoms with Crippen LogP contribution in [0, 0.1) is 5.92 Å². The highest BCUT2D eigenvalue weighted by atomic mass is 16.5. The van der Waals surface area contributed by atoms with Crippen molar-refractivity contribution in [2.75, 3.05) is 19.8 Å². The lowest BCUT2D eigenvalue weighted by atomic mass is 10.1. The molecule has 1 rings (SSSR count). The molecule has 94 valence electrons. The van der Waals surface area contributed by atoms with Crippen molar-refractivity contribution in [3.8, 4) is 0 Å². The molecule has 1 heterocycles. The Bertz CT molecular complexity index is 209.